The predicted molar refractivity (Wildman–Crippen MR) is 107 cm³/mol. The minimum absolute atomic E-state index is 0.349. The summed E-state index contributed by atoms with van der Waals surface area (Å²) in [5, 5.41) is 7.09. The van der Waals surface area contributed by atoms with Crippen LogP contribution in [0, 0.1) is 13.8 Å². The van der Waals surface area contributed by atoms with Crippen molar-refractivity contribution in [1.82, 2.24) is 15.1 Å². The third kappa shape index (κ3) is 4.46. The van der Waals surface area contributed by atoms with Gasteiger partial charge in [-0.15, -0.1) is 0 Å². The Morgan fingerprint density at radius 1 is 1.00 bits per heavy atom. The van der Waals surface area contributed by atoms with Gasteiger partial charge in [-0.2, -0.15) is 5.10 Å². The van der Waals surface area contributed by atoms with Crippen LogP contribution >= 0.6 is 0 Å². The molecule has 1 heterocycles. The van der Waals surface area contributed by atoms with Crippen molar-refractivity contribution in [3.05, 3.63) is 77.6 Å². The molecule has 1 N–H and O–H groups in total. The smallest absolute Gasteiger partial charge is 0.292 e. The van der Waals surface area contributed by atoms with Crippen molar-refractivity contribution in [2.45, 2.75) is 20.3 Å². The van der Waals surface area contributed by atoms with Gasteiger partial charge in [0.2, 0.25) is 0 Å². The van der Waals surface area contributed by atoms with Crippen molar-refractivity contribution >= 4 is 11.7 Å². The van der Waals surface area contributed by atoms with E-state index in [4.69, 9.17) is 4.74 Å². The molecule has 0 aliphatic carbocycles. The van der Waals surface area contributed by atoms with E-state index in [0.29, 0.717) is 36.5 Å². The van der Waals surface area contributed by atoms with E-state index in [1.54, 1.807) is 18.5 Å². The molecule has 0 aliphatic rings. The van der Waals surface area contributed by atoms with Gasteiger partial charge in [-0.1, -0.05) is 36.4 Å². The van der Waals surface area contributed by atoms with E-state index in [0.717, 1.165) is 11.4 Å². The van der Waals surface area contributed by atoms with Crippen molar-refractivity contribution in [1.29, 1.82) is 0 Å². The third-order valence-corrected chi connectivity index (χ3v) is 4.34. The Bertz CT molecular complexity index is 950. The zero-order valence-corrected chi connectivity index (χ0v) is 16.0. The molecule has 1 aromatic heterocycles. The molecule has 6 nitrogen and oxygen atoms in total. The van der Waals surface area contributed by atoms with Gasteiger partial charge in [-0.3, -0.25) is 9.59 Å². The number of nitrogens with zero attached hydrogens (tertiary/aromatic N) is 2. The van der Waals surface area contributed by atoms with Crippen LogP contribution in [0.25, 0.3) is 5.69 Å². The number of ether oxygens (including phenoxy) is 1. The van der Waals surface area contributed by atoms with Gasteiger partial charge in [0.15, 0.2) is 0 Å². The lowest BCUT2D eigenvalue weighted by Crippen LogP contribution is -2.33. The number of Topliss-reactive ketones (excluding diaryl/α,β-unsaturated/α-hetero) is 1. The second-order valence-corrected chi connectivity index (χ2v) is 6.39. The molecule has 0 aliphatic heterocycles. The molecule has 0 atom stereocenters. The fraction of sp³-hybridized carbons (Fsp3) is 0.227. The molecule has 2 aromatic carbocycles. The zero-order chi connectivity index (χ0) is 19.9. The maximum absolute atomic E-state index is 12.6. The quantitative estimate of drug-likeness (QED) is 0.372. The molecule has 0 fully saturated rings. The second kappa shape index (κ2) is 8.99. The first-order valence-electron chi connectivity index (χ1n) is 9.20. The SMILES string of the molecule is Cc1nn(-c2ccccc2)c(C)c1C(=O)C(=O)NCCCOc1ccccc1. The fourth-order valence-electron chi connectivity index (χ4n) is 2.97. The van der Waals surface area contributed by atoms with Crippen LogP contribution in [-0.4, -0.2) is 34.6 Å². The molecule has 3 aromatic rings. The number of ketones is 1. The molecular formula is C22H23N3O3. The first-order valence-corrected chi connectivity index (χ1v) is 9.20. The van der Waals surface area contributed by atoms with E-state index in [9.17, 15) is 9.59 Å². The van der Waals surface area contributed by atoms with Crippen LogP contribution in [0.2, 0.25) is 0 Å². The molecule has 0 radical (unpaired) electrons. The Kier molecular flexibility index (Phi) is 6.22. The average Bonchev–Trinajstić information content (AvgIpc) is 3.02. The lowest BCUT2D eigenvalue weighted by Gasteiger charge is -2.07. The highest BCUT2D eigenvalue weighted by Gasteiger charge is 2.24. The summed E-state index contributed by atoms with van der Waals surface area (Å²) >= 11 is 0. The Morgan fingerprint density at radius 3 is 2.32 bits per heavy atom. The Morgan fingerprint density at radius 2 is 1.64 bits per heavy atom. The van der Waals surface area contributed by atoms with Gasteiger partial charge in [0.25, 0.3) is 11.7 Å². The minimum Gasteiger partial charge on any atom is -0.494 e. The lowest BCUT2D eigenvalue weighted by molar-refractivity contribution is -0.117. The van der Waals surface area contributed by atoms with E-state index in [1.165, 1.54) is 0 Å². The summed E-state index contributed by atoms with van der Waals surface area (Å²) in [6, 6.07) is 19.0. The van der Waals surface area contributed by atoms with Gasteiger partial charge < -0.3 is 10.1 Å². The number of nitrogens with one attached hydrogen (secondary N) is 1. The number of rotatable bonds is 8. The molecule has 0 saturated carbocycles. The van der Waals surface area contributed by atoms with Crippen molar-refractivity contribution in [3.8, 4) is 11.4 Å². The number of amides is 1. The lowest BCUT2D eigenvalue weighted by atomic mass is 10.1. The Labute approximate surface area is 164 Å². The third-order valence-electron chi connectivity index (χ3n) is 4.34. The van der Waals surface area contributed by atoms with Crippen LogP contribution < -0.4 is 10.1 Å². The fourth-order valence-corrected chi connectivity index (χ4v) is 2.97. The number of aryl methyl sites for hydroxylation is 1. The average molecular weight is 377 g/mol. The van der Waals surface area contributed by atoms with Gasteiger partial charge in [-0.05, 0) is 44.5 Å². The molecule has 6 heteroatoms. The maximum atomic E-state index is 12.6. The predicted octanol–water partition coefficient (Wildman–Crippen LogP) is 3.26. The zero-order valence-electron chi connectivity index (χ0n) is 16.0. The van der Waals surface area contributed by atoms with Gasteiger partial charge >= 0.3 is 0 Å². The number of carbonyl (C=O) groups excluding carboxylic acids is 2. The first-order chi connectivity index (χ1) is 13.6. The number of aromatic nitrogens is 2. The Balaban J connectivity index is 1.56. The molecule has 0 bridgehead atoms. The van der Waals surface area contributed by atoms with Crippen molar-refractivity contribution < 1.29 is 14.3 Å². The number of hydrogen-bond acceptors (Lipinski definition) is 4. The summed E-state index contributed by atoms with van der Waals surface area (Å²) in [7, 11) is 0. The number of hydrogen-bond donors (Lipinski definition) is 1. The number of benzene rings is 2. The van der Waals surface area contributed by atoms with E-state index >= 15 is 0 Å². The number of para-hydroxylation sites is 2. The van der Waals surface area contributed by atoms with E-state index < -0.39 is 11.7 Å². The normalized spacial score (nSPS) is 10.5. The van der Waals surface area contributed by atoms with Crippen molar-refractivity contribution in [3.63, 3.8) is 0 Å². The van der Waals surface area contributed by atoms with Crippen LogP contribution in [0.15, 0.2) is 60.7 Å². The standard InChI is InChI=1S/C22H23N3O3/c1-16-20(17(2)25(24-16)18-10-5-3-6-11-18)21(26)22(27)23-14-9-15-28-19-12-7-4-8-13-19/h3-8,10-13H,9,14-15H2,1-2H3,(H,23,27). The highest BCUT2D eigenvalue weighted by atomic mass is 16.5. The van der Waals surface area contributed by atoms with E-state index in [-0.39, 0.29) is 0 Å². The van der Waals surface area contributed by atoms with Crippen LogP contribution in [0.5, 0.6) is 5.75 Å². The highest BCUT2D eigenvalue weighted by Crippen LogP contribution is 2.18. The maximum Gasteiger partial charge on any atom is 0.292 e. The summed E-state index contributed by atoms with van der Waals surface area (Å²) in [5.41, 5.74) is 2.38. The summed E-state index contributed by atoms with van der Waals surface area (Å²) in [6.45, 7) is 4.35. The summed E-state index contributed by atoms with van der Waals surface area (Å²) in [6.07, 6.45) is 0.606. The van der Waals surface area contributed by atoms with Crippen molar-refractivity contribution in [2.24, 2.45) is 0 Å². The van der Waals surface area contributed by atoms with Gasteiger partial charge in [0.1, 0.15) is 5.75 Å². The van der Waals surface area contributed by atoms with E-state index in [2.05, 4.69) is 10.4 Å². The van der Waals surface area contributed by atoms with Gasteiger partial charge in [-0.25, -0.2) is 4.68 Å². The van der Waals surface area contributed by atoms with Crippen LogP contribution in [0.3, 0.4) is 0 Å². The summed E-state index contributed by atoms with van der Waals surface area (Å²) < 4.78 is 7.26. The minimum atomic E-state index is -0.626. The van der Waals surface area contributed by atoms with Crippen molar-refractivity contribution in [2.75, 3.05) is 13.2 Å². The Hall–Kier alpha value is -3.41. The second-order valence-electron chi connectivity index (χ2n) is 6.39. The van der Waals surface area contributed by atoms with Gasteiger partial charge in [0.05, 0.1) is 29.2 Å². The molecule has 0 saturated heterocycles. The largest absolute Gasteiger partial charge is 0.494 e. The topological polar surface area (TPSA) is 73.2 Å². The molecule has 1 amide bonds. The molecule has 0 spiro atoms. The first kappa shape index (κ1) is 19.4. The summed E-state index contributed by atoms with van der Waals surface area (Å²) in [4.78, 5) is 24.9. The molecular weight excluding hydrogens is 354 g/mol. The van der Waals surface area contributed by atoms with Gasteiger partial charge in [0, 0.05) is 6.54 Å². The molecule has 28 heavy (non-hydrogen) atoms. The highest BCUT2D eigenvalue weighted by molar-refractivity contribution is 6.43. The van der Waals surface area contributed by atoms with Crippen LogP contribution in [0.4, 0.5) is 0 Å². The van der Waals surface area contributed by atoms with E-state index in [1.807, 2.05) is 60.7 Å². The molecule has 3 rings (SSSR count). The molecule has 0 unspecified atom stereocenters. The number of carbonyl (C=O) groups is 2. The molecule has 144 valence electrons. The van der Waals surface area contributed by atoms with Crippen LogP contribution in [0.1, 0.15) is 28.2 Å². The monoisotopic (exact) mass is 377 g/mol. The van der Waals surface area contributed by atoms with Crippen LogP contribution in [-0.2, 0) is 4.79 Å². The summed E-state index contributed by atoms with van der Waals surface area (Å²) in [5.74, 6) is -0.413.